The first-order valence-electron chi connectivity index (χ1n) is 5.80. The molecule has 0 aromatic heterocycles. The van der Waals surface area contributed by atoms with Crippen molar-refractivity contribution in [3.05, 3.63) is 35.9 Å². The highest BCUT2D eigenvalue weighted by atomic mass is 16.1. The van der Waals surface area contributed by atoms with Gasteiger partial charge in [0.25, 0.3) is 0 Å². The Hall–Kier alpha value is -1.97. The number of benzene rings is 1. The molecule has 96 valence electrons. The number of rotatable bonds is 4. The van der Waals surface area contributed by atoms with Crippen molar-refractivity contribution in [3.8, 4) is 0 Å². The van der Waals surface area contributed by atoms with Crippen molar-refractivity contribution in [2.24, 2.45) is 21.4 Å². The van der Waals surface area contributed by atoms with Crippen LogP contribution in [0.15, 0.2) is 40.5 Å². The number of nitrogens with two attached hydrogens (primary N) is 1. The Morgan fingerprint density at radius 3 is 2.17 bits per heavy atom. The van der Waals surface area contributed by atoms with Crippen molar-refractivity contribution < 1.29 is 4.79 Å². The summed E-state index contributed by atoms with van der Waals surface area (Å²) in [6.45, 7) is 6.97. The standard InChI is InChI=1S/C14H19N3O/c1-10(14(3,4)11(2)18)16-17-13(15)12-8-6-5-7-9-12/h5-9H,1-4H3,(H2,15,17). The number of hydrogen-bond acceptors (Lipinski definition) is 3. The summed E-state index contributed by atoms with van der Waals surface area (Å²) in [5.74, 6) is 0.395. The fraction of sp³-hybridized carbons (Fsp3) is 0.357. The number of ketones is 1. The van der Waals surface area contributed by atoms with E-state index in [1.807, 2.05) is 44.2 Å². The molecule has 1 rings (SSSR count). The molecule has 0 amide bonds. The van der Waals surface area contributed by atoms with Gasteiger partial charge in [0.2, 0.25) is 0 Å². The van der Waals surface area contributed by atoms with Gasteiger partial charge in [-0.2, -0.15) is 5.10 Å². The minimum Gasteiger partial charge on any atom is -0.382 e. The lowest BCUT2D eigenvalue weighted by Crippen LogP contribution is -2.29. The van der Waals surface area contributed by atoms with Crippen molar-refractivity contribution in [1.29, 1.82) is 0 Å². The lowest BCUT2D eigenvalue weighted by atomic mass is 9.84. The highest BCUT2D eigenvalue weighted by Crippen LogP contribution is 2.18. The number of carbonyl (C=O) groups is 1. The van der Waals surface area contributed by atoms with Crippen LogP contribution in [0.1, 0.15) is 33.3 Å². The van der Waals surface area contributed by atoms with Crippen molar-refractivity contribution >= 4 is 17.3 Å². The zero-order valence-electron chi connectivity index (χ0n) is 11.3. The second-order valence-electron chi connectivity index (χ2n) is 4.72. The molecule has 0 atom stereocenters. The van der Waals surface area contributed by atoms with Crippen LogP contribution in [0.4, 0.5) is 0 Å². The molecule has 2 N–H and O–H groups in total. The van der Waals surface area contributed by atoms with Gasteiger partial charge in [-0.15, -0.1) is 5.10 Å². The monoisotopic (exact) mass is 245 g/mol. The zero-order chi connectivity index (χ0) is 13.8. The molecule has 4 heteroatoms. The Morgan fingerprint density at radius 2 is 1.67 bits per heavy atom. The van der Waals surface area contributed by atoms with Crippen molar-refractivity contribution in [2.75, 3.05) is 0 Å². The van der Waals surface area contributed by atoms with Gasteiger partial charge in [-0.25, -0.2) is 0 Å². The molecule has 0 aliphatic rings. The quantitative estimate of drug-likeness (QED) is 0.502. The summed E-state index contributed by atoms with van der Waals surface area (Å²) >= 11 is 0. The Balaban J connectivity index is 2.95. The van der Waals surface area contributed by atoms with Gasteiger partial charge < -0.3 is 5.73 Å². The average Bonchev–Trinajstić information content (AvgIpc) is 2.36. The molecular weight excluding hydrogens is 226 g/mol. The van der Waals surface area contributed by atoms with E-state index in [0.717, 1.165) is 5.56 Å². The molecule has 0 radical (unpaired) electrons. The third-order valence-electron chi connectivity index (χ3n) is 3.16. The topological polar surface area (TPSA) is 67.8 Å². The average molecular weight is 245 g/mol. The lowest BCUT2D eigenvalue weighted by molar-refractivity contribution is -0.121. The van der Waals surface area contributed by atoms with E-state index in [2.05, 4.69) is 10.2 Å². The van der Waals surface area contributed by atoms with E-state index < -0.39 is 5.41 Å². The number of carbonyl (C=O) groups excluding carboxylic acids is 1. The molecule has 0 aliphatic carbocycles. The van der Waals surface area contributed by atoms with E-state index in [4.69, 9.17) is 5.73 Å². The van der Waals surface area contributed by atoms with Crippen LogP contribution in [0, 0.1) is 5.41 Å². The first-order chi connectivity index (χ1) is 8.35. The molecule has 0 unspecified atom stereocenters. The van der Waals surface area contributed by atoms with Gasteiger partial charge >= 0.3 is 0 Å². The van der Waals surface area contributed by atoms with E-state index in [-0.39, 0.29) is 5.78 Å². The Labute approximate surface area is 108 Å². The fourth-order valence-corrected chi connectivity index (χ4v) is 1.18. The summed E-state index contributed by atoms with van der Waals surface area (Å²) in [6.07, 6.45) is 0. The summed E-state index contributed by atoms with van der Waals surface area (Å²) in [5.41, 5.74) is 6.67. The summed E-state index contributed by atoms with van der Waals surface area (Å²) < 4.78 is 0. The van der Waals surface area contributed by atoms with E-state index >= 15 is 0 Å². The molecule has 0 spiro atoms. The summed E-state index contributed by atoms with van der Waals surface area (Å²) in [4.78, 5) is 11.5. The maximum Gasteiger partial charge on any atom is 0.153 e. The van der Waals surface area contributed by atoms with Crippen LogP contribution >= 0.6 is 0 Å². The third kappa shape index (κ3) is 3.26. The molecule has 1 aromatic carbocycles. The van der Waals surface area contributed by atoms with E-state index in [0.29, 0.717) is 11.5 Å². The molecule has 1 aromatic rings. The number of hydrogen-bond donors (Lipinski definition) is 1. The highest BCUT2D eigenvalue weighted by Gasteiger charge is 2.27. The second kappa shape index (κ2) is 5.58. The zero-order valence-corrected chi connectivity index (χ0v) is 11.3. The van der Waals surface area contributed by atoms with Crippen LogP contribution in [0.5, 0.6) is 0 Å². The van der Waals surface area contributed by atoms with Gasteiger partial charge in [-0.3, -0.25) is 4.79 Å². The van der Waals surface area contributed by atoms with Crippen LogP contribution < -0.4 is 5.73 Å². The van der Waals surface area contributed by atoms with Gasteiger partial charge in [0.1, 0.15) is 5.78 Å². The molecule has 0 fully saturated rings. The predicted octanol–water partition coefficient (Wildman–Crippen LogP) is 2.38. The minimum atomic E-state index is -0.611. The maximum absolute atomic E-state index is 11.5. The van der Waals surface area contributed by atoms with Gasteiger partial charge in [-0.05, 0) is 27.7 Å². The molecular formula is C14H19N3O. The fourth-order valence-electron chi connectivity index (χ4n) is 1.18. The largest absolute Gasteiger partial charge is 0.382 e. The minimum absolute atomic E-state index is 0.0530. The van der Waals surface area contributed by atoms with Crippen LogP contribution in [0.2, 0.25) is 0 Å². The Bertz CT molecular complexity index is 487. The van der Waals surface area contributed by atoms with Crippen LogP contribution in [-0.4, -0.2) is 17.3 Å². The smallest absolute Gasteiger partial charge is 0.153 e. The summed E-state index contributed by atoms with van der Waals surface area (Å²) in [7, 11) is 0. The van der Waals surface area contributed by atoms with Crippen molar-refractivity contribution in [3.63, 3.8) is 0 Å². The first-order valence-corrected chi connectivity index (χ1v) is 5.80. The summed E-state index contributed by atoms with van der Waals surface area (Å²) in [5, 5.41) is 8.03. The van der Waals surface area contributed by atoms with Gasteiger partial charge in [0, 0.05) is 5.56 Å². The highest BCUT2D eigenvalue weighted by molar-refractivity contribution is 6.07. The third-order valence-corrected chi connectivity index (χ3v) is 3.16. The SMILES string of the molecule is CC(=O)C(C)(C)C(C)=NN=C(N)c1ccccc1. The normalized spacial score (nSPS) is 13.6. The maximum atomic E-state index is 11.5. The molecule has 0 bridgehead atoms. The van der Waals surface area contributed by atoms with Crippen molar-refractivity contribution in [2.45, 2.75) is 27.7 Å². The molecule has 0 saturated heterocycles. The molecule has 0 aliphatic heterocycles. The Morgan fingerprint density at radius 1 is 1.11 bits per heavy atom. The van der Waals surface area contributed by atoms with Crippen LogP contribution in [-0.2, 0) is 4.79 Å². The number of nitrogens with zero attached hydrogens (tertiary/aromatic N) is 2. The predicted molar refractivity (Wildman–Crippen MR) is 74.7 cm³/mol. The van der Waals surface area contributed by atoms with Gasteiger partial charge in [-0.1, -0.05) is 30.3 Å². The van der Waals surface area contributed by atoms with E-state index in [1.165, 1.54) is 0 Å². The second-order valence-corrected chi connectivity index (χ2v) is 4.72. The van der Waals surface area contributed by atoms with Crippen molar-refractivity contribution in [1.82, 2.24) is 0 Å². The van der Waals surface area contributed by atoms with E-state index in [1.54, 1.807) is 13.8 Å². The number of Topliss-reactive ketones (excluding diaryl/α,β-unsaturated/α-hetero) is 1. The van der Waals surface area contributed by atoms with Crippen LogP contribution in [0.25, 0.3) is 0 Å². The van der Waals surface area contributed by atoms with Gasteiger partial charge in [0.15, 0.2) is 5.84 Å². The molecule has 0 saturated carbocycles. The Kier molecular flexibility index (Phi) is 4.37. The molecule has 0 heterocycles. The summed E-state index contributed by atoms with van der Waals surface area (Å²) in [6, 6.07) is 9.39. The molecule has 18 heavy (non-hydrogen) atoms. The number of amidine groups is 1. The first kappa shape index (κ1) is 14.1. The lowest BCUT2D eigenvalue weighted by Gasteiger charge is -2.19. The molecule has 4 nitrogen and oxygen atoms in total. The van der Waals surface area contributed by atoms with Crippen LogP contribution in [0.3, 0.4) is 0 Å². The van der Waals surface area contributed by atoms with E-state index in [9.17, 15) is 4.79 Å². The van der Waals surface area contributed by atoms with Gasteiger partial charge in [0.05, 0.1) is 11.1 Å².